The number of piperidine rings is 1. The van der Waals surface area contributed by atoms with Crippen molar-refractivity contribution in [3.8, 4) is 0 Å². The highest BCUT2D eigenvalue weighted by Crippen LogP contribution is 2.17. The normalized spacial score (nSPS) is 26.5. The molecule has 0 aromatic carbocycles. The van der Waals surface area contributed by atoms with Crippen LogP contribution in [-0.4, -0.2) is 79.9 Å². The maximum absolute atomic E-state index is 12.0. The average molecular weight is 310 g/mol. The van der Waals surface area contributed by atoms with Crippen molar-refractivity contribution in [3.05, 3.63) is 12.2 Å². The molecule has 6 heteroatoms. The zero-order chi connectivity index (χ0) is 15.9. The van der Waals surface area contributed by atoms with E-state index in [1.165, 1.54) is 0 Å². The lowest BCUT2D eigenvalue weighted by atomic mass is 10.1. The van der Waals surface area contributed by atoms with E-state index >= 15 is 0 Å². The summed E-state index contributed by atoms with van der Waals surface area (Å²) in [5.41, 5.74) is 0. The Morgan fingerprint density at radius 2 is 2.00 bits per heavy atom. The van der Waals surface area contributed by atoms with Crippen LogP contribution in [0.5, 0.6) is 0 Å². The van der Waals surface area contributed by atoms with Gasteiger partial charge in [0.25, 0.3) is 0 Å². The molecule has 1 fully saturated rings. The molecule has 6 nitrogen and oxygen atoms in total. The second kappa shape index (κ2) is 8.50. The molecular weight excluding hydrogens is 280 g/mol. The third-order valence-corrected chi connectivity index (χ3v) is 4.51. The summed E-state index contributed by atoms with van der Waals surface area (Å²) in [6.07, 6.45) is 6.78. The van der Waals surface area contributed by atoms with Crippen molar-refractivity contribution in [2.45, 2.75) is 31.3 Å². The highest BCUT2D eigenvalue weighted by atomic mass is 16.3. The van der Waals surface area contributed by atoms with Gasteiger partial charge >= 0.3 is 6.03 Å². The molecule has 0 aromatic heterocycles. The summed E-state index contributed by atoms with van der Waals surface area (Å²) in [5, 5.41) is 15.1. The van der Waals surface area contributed by atoms with E-state index in [1.54, 1.807) is 0 Å². The minimum Gasteiger partial charge on any atom is -0.396 e. The summed E-state index contributed by atoms with van der Waals surface area (Å²) in [7, 11) is 4.19. The van der Waals surface area contributed by atoms with Gasteiger partial charge in [0.15, 0.2) is 0 Å². The molecule has 0 radical (unpaired) electrons. The van der Waals surface area contributed by atoms with Gasteiger partial charge in [-0.15, -0.1) is 0 Å². The molecular formula is C16H30N4O2. The zero-order valence-corrected chi connectivity index (χ0v) is 13.8. The highest BCUT2D eigenvalue weighted by molar-refractivity contribution is 5.74. The molecule has 2 aliphatic rings. The van der Waals surface area contributed by atoms with E-state index in [2.05, 4.69) is 34.5 Å². The number of nitrogens with zero attached hydrogens (tertiary/aromatic N) is 2. The summed E-state index contributed by atoms with van der Waals surface area (Å²) >= 11 is 0. The van der Waals surface area contributed by atoms with Crippen LogP contribution >= 0.6 is 0 Å². The molecule has 22 heavy (non-hydrogen) atoms. The average Bonchev–Trinajstić information content (AvgIpc) is 2.94. The van der Waals surface area contributed by atoms with Gasteiger partial charge in [0.05, 0.1) is 0 Å². The smallest absolute Gasteiger partial charge is 0.315 e. The van der Waals surface area contributed by atoms with E-state index in [-0.39, 0.29) is 30.6 Å². The molecule has 0 aromatic rings. The van der Waals surface area contributed by atoms with Crippen molar-refractivity contribution >= 4 is 6.03 Å². The van der Waals surface area contributed by atoms with Gasteiger partial charge in [-0.2, -0.15) is 0 Å². The Kier molecular flexibility index (Phi) is 6.67. The first-order valence-electron chi connectivity index (χ1n) is 8.30. The summed E-state index contributed by atoms with van der Waals surface area (Å²) < 4.78 is 0. The number of carbonyl (C=O) groups excluding carboxylic acids is 1. The van der Waals surface area contributed by atoms with E-state index in [0.717, 1.165) is 45.4 Å². The summed E-state index contributed by atoms with van der Waals surface area (Å²) in [6, 6.07) is 0.243. The van der Waals surface area contributed by atoms with Crippen molar-refractivity contribution < 1.29 is 9.90 Å². The van der Waals surface area contributed by atoms with Crippen LogP contribution < -0.4 is 10.6 Å². The maximum Gasteiger partial charge on any atom is 0.315 e. The van der Waals surface area contributed by atoms with Crippen molar-refractivity contribution in [1.29, 1.82) is 0 Å². The third-order valence-electron chi connectivity index (χ3n) is 4.51. The third kappa shape index (κ3) is 5.59. The van der Waals surface area contributed by atoms with Crippen LogP contribution in [0.2, 0.25) is 0 Å². The lowest BCUT2D eigenvalue weighted by molar-refractivity contribution is 0.179. The Balaban J connectivity index is 1.61. The van der Waals surface area contributed by atoms with Gasteiger partial charge in [-0.3, -0.25) is 0 Å². The van der Waals surface area contributed by atoms with Gasteiger partial charge in [-0.25, -0.2) is 4.79 Å². The number of urea groups is 1. The minimum absolute atomic E-state index is 0.0531. The molecule has 1 aliphatic carbocycles. The molecule has 1 saturated heterocycles. The standard InChI is InChI=1S/C16H30N4O2/c1-19(2)9-10-20-7-5-14(6-8-20)17-16(22)18-15-4-3-13(11-15)12-21/h3-4,13-15,21H,5-12H2,1-2H3,(H2,17,18,22)/t13-,15+/m0/s1. The number of aliphatic hydroxyl groups is 1. The first-order valence-corrected chi connectivity index (χ1v) is 8.30. The Hall–Kier alpha value is -1.11. The van der Waals surface area contributed by atoms with Crippen LogP contribution in [0.25, 0.3) is 0 Å². The van der Waals surface area contributed by atoms with Gasteiger partial charge in [-0.1, -0.05) is 12.2 Å². The van der Waals surface area contributed by atoms with Gasteiger partial charge in [0.1, 0.15) is 0 Å². The second-order valence-electron chi connectivity index (χ2n) is 6.71. The quantitative estimate of drug-likeness (QED) is 0.615. The summed E-state index contributed by atoms with van der Waals surface area (Å²) in [5.74, 6) is 0.185. The molecule has 0 spiro atoms. The molecule has 0 bridgehead atoms. The molecule has 126 valence electrons. The molecule has 3 N–H and O–H groups in total. The van der Waals surface area contributed by atoms with Crippen LogP contribution in [0.3, 0.4) is 0 Å². The van der Waals surface area contributed by atoms with Gasteiger partial charge in [0, 0.05) is 50.8 Å². The number of likely N-dealkylation sites (tertiary alicyclic amines) is 1. The number of hydrogen-bond donors (Lipinski definition) is 3. The fourth-order valence-corrected chi connectivity index (χ4v) is 3.05. The van der Waals surface area contributed by atoms with Gasteiger partial charge in [-0.05, 0) is 33.4 Å². The fraction of sp³-hybridized carbons (Fsp3) is 0.812. The number of rotatable bonds is 6. The van der Waals surface area contributed by atoms with Crippen molar-refractivity contribution in [2.24, 2.45) is 5.92 Å². The molecule has 0 saturated carbocycles. The number of hydrogen-bond acceptors (Lipinski definition) is 4. The lowest BCUT2D eigenvalue weighted by Gasteiger charge is -2.33. The molecule has 2 amide bonds. The number of carbonyl (C=O) groups is 1. The topological polar surface area (TPSA) is 67.8 Å². The monoisotopic (exact) mass is 310 g/mol. The number of nitrogens with one attached hydrogen (secondary N) is 2. The van der Waals surface area contributed by atoms with Crippen molar-refractivity contribution in [1.82, 2.24) is 20.4 Å². The molecule has 1 aliphatic heterocycles. The summed E-state index contributed by atoms with van der Waals surface area (Å²) in [6.45, 7) is 4.44. The minimum atomic E-state index is -0.0834. The SMILES string of the molecule is CN(C)CCN1CCC(NC(=O)N[C@@H]2C=C[C@H](CO)C2)CC1. The first-order chi connectivity index (χ1) is 10.6. The van der Waals surface area contributed by atoms with Crippen LogP contribution in [0, 0.1) is 5.92 Å². The molecule has 2 rings (SSSR count). The first kappa shape index (κ1) is 17.2. The van der Waals surface area contributed by atoms with Crippen LogP contribution in [-0.2, 0) is 0 Å². The van der Waals surface area contributed by atoms with Crippen LogP contribution in [0.1, 0.15) is 19.3 Å². The van der Waals surface area contributed by atoms with Gasteiger partial charge < -0.3 is 25.5 Å². The van der Waals surface area contributed by atoms with Crippen molar-refractivity contribution in [2.75, 3.05) is 46.9 Å². The van der Waals surface area contributed by atoms with Gasteiger partial charge in [0.2, 0.25) is 0 Å². The molecule has 2 atom stereocenters. The second-order valence-corrected chi connectivity index (χ2v) is 6.71. The molecule has 0 unspecified atom stereocenters. The van der Waals surface area contributed by atoms with E-state index < -0.39 is 0 Å². The predicted molar refractivity (Wildman–Crippen MR) is 87.8 cm³/mol. The maximum atomic E-state index is 12.0. The number of amides is 2. The van der Waals surface area contributed by atoms with E-state index in [9.17, 15) is 4.79 Å². The lowest BCUT2D eigenvalue weighted by Crippen LogP contribution is -2.50. The largest absolute Gasteiger partial charge is 0.396 e. The Morgan fingerprint density at radius 1 is 1.27 bits per heavy atom. The number of aliphatic hydroxyl groups excluding tert-OH is 1. The Labute approximate surface area is 133 Å². The predicted octanol–water partition coefficient (Wildman–Crippen LogP) is 0.249. The molecule has 1 heterocycles. The summed E-state index contributed by atoms with van der Waals surface area (Å²) in [4.78, 5) is 16.7. The Bertz CT molecular complexity index is 378. The van der Waals surface area contributed by atoms with E-state index in [1.807, 2.05) is 12.2 Å². The number of likely N-dealkylation sites (N-methyl/N-ethyl adjacent to an activating group) is 1. The van der Waals surface area contributed by atoms with E-state index in [0.29, 0.717) is 0 Å². The van der Waals surface area contributed by atoms with Crippen LogP contribution in [0.15, 0.2) is 12.2 Å². The van der Waals surface area contributed by atoms with Crippen molar-refractivity contribution in [3.63, 3.8) is 0 Å². The highest BCUT2D eigenvalue weighted by Gasteiger charge is 2.23. The van der Waals surface area contributed by atoms with E-state index in [4.69, 9.17) is 5.11 Å². The fourth-order valence-electron chi connectivity index (χ4n) is 3.05. The zero-order valence-electron chi connectivity index (χ0n) is 13.8. The Morgan fingerprint density at radius 3 is 2.59 bits per heavy atom. The van der Waals surface area contributed by atoms with Crippen LogP contribution in [0.4, 0.5) is 4.79 Å².